The van der Waals surface area contributed by atoms with Crippen molar-refractivity contribution < 1.29 is 4.79 Å². The van der Waals surface area contributed by atoms with E-state index in [1.54, 1.807) is 0 Å². The zero-order valence-corrected chi connectivity index (χ0v) is 9.52. The van der Waals surface area contributed by atoms with E-state index in [2.05, 4.69) is 28.6 Å². The molecule has 0 unspecified atom stereocenters. The molecular weight excluding hydrogens is 236 g/mol. The molecule has 1 aromatic rings. The topological polar surface area (TPSA) is 17.1 Å². The van der Waals surface area contributed by atoms with E-state index in [-0.39, 0.29) is 5.78 Å². The minimum Gasteiger partial charge on any atom is -0.300 e. The molecule has 0 aromatic heterocycles. The minimum atomic E-state index is 0.167. The molecule has 1 aromatic carbocycles. The quantitative estimate of drug-likeness (QED) is 0.696. The van der Waals surface area contributed by atoms with Crippen molar-refractivity contribution in [1.82, 2.24) is 0 Å². The summed E-state index contributed by atoms with van der Waals surface area (Å²) in [4.78, 5) is 10.4. The summed E-state index contributed by atoms with van der Waals surface area (Å²) in [5.41, 5.74) is 0. The molecule has 12 heavy (non-hydrogen) atoms. The van der Waals surface area contributed by atoms with Crippen molar-refractivity contribution in [3.05, 3.63) is 28.7 Å². The lowest BCUT2D eigenvalue weighted by atomic mass is 10.4. The average Bonchev–Trinajstić information content (AvgIpc) is 1.84. The van der Waals surface area contributed by atoms with E-state index in [0.29, 0.717) is 0 Å². The first-order valence-corrected chi connectivity index (χ1v) is 4.68. The Morgan fingerprint density at radius 2 is 1.92 bits per heavy atom. The second-order valence-corrected chi connectivity index (χ2v) is 3.82. The number of carbonyl (C=O) groups excluding carboxylic acids is 1. The fourth-order valence-electron chi connectivity index (χ4n) is 0.476. The van der Waals surface area contributed by atoms with Gasteiger partial charge in [-0.15, -0.1) is 12.6 Å². The van der Waals surface area contributed by atoms with Crippen molar-refractivity contribution in [3.8, 4) is 0 Å². The second-order valence-electron chi connectivity index (χ2n) is 2.39. The van der Waals surface area contributed by atoms with E-state index in [1.165, 1.54) is 13.8 Å². The lowest BCUT2D eigenvalue weighted by Crippen LogP contribution is -1.69. The van der Waals surface area contributed by atoms with Crippen LogP contribution in [0.25, 0.3) is 0 Å². The number of ketones is 1. The SMILES string of the molecule is CC(C)=O.Sc1cccc(Br)c1. The van der Waals surface area contributed by atoms with Gasteiger partial charge in [0.05, 0.1) is 0 Å². The Hall–Kier alpha value is -0.280. The van der Waals surface area contributed by atoms with E-state index in [4.69, 9.17) is 0 Å². The lowest BCUT2D eigenvalue weighted by Gasteiger charge is -1.88. The number of carbonyl (C=O) groups is 1. The van der Waals surface area contributed by atoms with Crippen molar-refractivity contribution in [3.63, 3.8) is 0 Å². The van der Waals surface area contributed by atoms with Crippen LogP contribution in [0.1, 0.15) is 13.8 Å². The third-order valence-corrected chi connectivity index (χ3v) is 1.58. The fraction of sp³-hybridized carbons (Fsp3) is 0.222. The Kier molecular flexibility index (Phi) is 6.11. The second kappa shape index (κ2) is 6.26. The molecule has 0 aliphatic rings. The maximum Gasteiger partial charge on any atom is 0.126 e. The molecule has 0 aliphatic carbocycles. The summed E-state index contributed by atoms with van der Waals surface area (Å²) in [6.07, 6.45) is 0. The zero-order chi connectivity index (χ0) is 9.56. The Balaban J connectivity index is 0.000000261. The molecule has 0 bridgehead atoms. The van der Waals surface area contributed by atoms with Gasteiger partial charge in [0.2, 0.25) is 0 Å². The summed E-state index contributed by atoms with van der Waals surface area (Å²) in [6.45, 7) is 3.06. The van der Waals surface area contributed by atoms with Crippen molar-refractivity contribution in [1.29, 1.82) is 0 Å². The van der Waals surface area contributed by atoms with Gasteiger partial charge in [0.1, 0.15) is 5.78 Å². The van der Waals surface area contributed by atoms with Gasteiger partial charge in [-0.2, -0.15) is 0 Å². The zero-order valence-electron chi connectivity index (χ0n) is 7.04. The largest absolute Gasteiger partial charge is 0.300 e. The number of thiol groups is 1. The summed E-state index contributed by atoms with van der Waals surface area (Å²) in [5, 5.41) is 0. The van der Waals surface area contributed by atoms with Crippen LogP contribution in [0, 0.1) is 0 Å². The van der Waals surface area contributed by atoms with Gasteiger partial charge in [0.15, 0.2) is 0 Å². The molecular formula is C9H11BrOS. The molecule has 0 saturated carbocycles. The van der Waals surface area contributed by atoms with Crippen LogP contribution < -0.4 is 0 Å². The van der Waals surface area contributed by atoms with Crippen molar-refractivity contribution in [2.24, 2.45) is 0 Å². The summed E-state index contributed by atoms with van der Waals surface area (Å²) in [6, 6.07) is 7.81. The molecule has 0 heterocycles. The molecule has 0 N–H and O–H groups in total. The Bertz CT molecular complexity index is 239. The smallest absolute Gasteiger partial charge is 0.126 e. The number of benzene rings is 1. The van der Waals surface area contributed by atoms with E-state index in [9.17, 15) is 4.79 Å². The molecule has 0 atom stereocenters. The van der Waals surface area contributed by atoms with E-state index < -0.39 is 0 Å². The molecule has 1 rings (SSSR count). The number of hydrogen-bond donors (Lipinski definition) is 1. The first-order valence-electron chi connectivity index (χ1n) is 3.44. The standard InChI is InChI=1S/C6H5BrS.C3H6O/c7-5-2-1-3-6(8)4-5;1-3(2)4/h1-4,8H;1-2H3. The maximum atomic E-state index is 9.44. The van der Waals surface area contributed by atoms with Gasteiger partial charge in [-0.1, -0.05) is 22.0 Å². The monoisotopic (exact) mass is 246 g/mol. The van der Waals surface area contributed by atoms with Gasteiger partial charge in [-0.3, -0.25) is 0 Å². The van der Waals surface area contributed by atoms with E-state index in [0.717, 1.165) is 9.37 Å². The Morgan fingerprint density at radius 3 is 2.17 bits per heavy atom. The van der Waals surface area contributed by atoms with Crippen LogP contribution in [-0.2, 0) is 4.79 Å². The van der Waals surface area contributed by atoms with Gasteiger partial charge < -0.3 is 4.79 Å². The Labute approximate surface area is 86.7 Å². The molecule has 0 amide bonds. The first-order chi connectivity index (χ1) is 5.52. The van der Waals surface area contributed by atoms with Crippen LogP contribution in [0.4, 0.5) is 0 Å². The Morgan fingerprint density at radius 1 is 1.42 bits per heavy atom. The number of halogens is 1. The van der Waals surface area contributed by atoms with Gasteiger partial charge in [-0.05, 0) is 32.0 Å². The molecule has 3 heteroatoms. The molecule has 0 fully saturated rings. The van der Waals surface area contributed by atoms with Gasteiger partial charge in [0, 0.05) is 9.37 Å². The molecule has 66 valence electrons. The predicted octanol–water partition coefficient (Wildman–Crippen LogP) is 3.33. The summed E-state index contributed by atoms with van der Waals surface area (Å²) < 4.78 is 1.07. The number of rotatable bonds is 0. The van der Waals surface area contributed by atoms with E-state index in [1.807, 2.05) is 24.3 Å². The number of Topliss-reactive ketones (excluding diaryl/α,β-unsaturated/α-hetero) is 1. The van der Waals surface area contributed by atoms with Crippen LogP contribution >= 0.6 is 28.6 Å². The van der Waals surface area contributed by atoms with Crippen molar-refractivity contribution in [2.75, 3.05) is 0 Å². The molecule has 0 spiro atoms. The lowest BCUT2D eigenvalue weighted by molar-refractivity contribution is -0.114. The predicted molar refractivity (Wildman–Crippen MR) is 57.7 cm³/mol. The van der Waals surface area contributed by atoms with E-state index >= 15 is 0 Å². The van der Waals surface area contributed by atoms with Crippen LogP contribution in [0.2, 0.25) is 0 Å². The first kappa shape index (κ1) is 11.7. The van der Waals surface area contributed by atoms with Crippen molar-refractivity contribution >= 4 is 34.3 Å². The van der Waals surface area contributed by atoms with Gasteiger partial charge >= 0.3 is 0 Å². The molecule has 0 radical (unpaired) electrons. The van der Waals surface area contributed by atoms with Crippen LogP contribution in [0.3, 0.4) is 0 Å². The highest BCUT2D eigenvalue weighted by molar-refractivity contribution is 9.10. The summed E-state index contributed by atoms with van der Waals surface area (Å²) in [7, 11) is 0. The van der Waals surface area contributed by atoms with Crippen molar-refractivity contribution in [2.45, 2.75) is 18.7 Å². The normalized spacial score (nSPS) is 8.33. The van der Waals surface area contributed by atoms with Crippen LogP contribution in [0.5, 0.6) is 0 Å². The molecule has 0 saturated heterocycles. The molecule has 0 aliphatic heterocycles. The van der Waals surface area contributed by atoms with Crippen LogP contribution in [-0.4, -0.2) is 5.78 Å². The maximum absolute atomic E-state index is 9.44. The van der Waals surface area contributed by atoms with Gasteiger partial charge in [-0.25, -0.2) is 0 Å². The fourth-order valence-corrected chi connectivity index (χ4v) is 1.28. The minimum absolute atomic E-state index is 0.167. The summed E-state index contributed by atoms with van der Waals surface area (Å²) in [5.74, 6) is 0.167. The highest BCUT2D eigenvalue weighted by Gasteiger charge is 1.83. The average molecular weight is 247 g/mol. The highest BCUT2D eigenvalue weighted by atomic mass is 79.9. The number of hydrogen-bond acceptors (Lipinski definition) is 2. The third kappa shape index (κ3) is 7.82. The summed E-state index contributed by atoms with van der Waals surface area (Å²) >= 11 is 7.44. The third-order valence-electron chi connectivity index (χ3n) is 0.808. The molecule has 1 nitrogen and oxygen atoms in total. The van der Waals surface area contributed by atoms with Gasteiger partial charge in [0.25, 0.3) is 0 Å². The van der Waals surface area contributed by atoms with Crippen LogP contribution in [0.15, 0.2) is 33.6 Å². The highest BCUT2D eigenvalue weighted by Crippen LogP contribution is 2.13.